The third-order valence-electron chi connectivity index (χ3n) is 9.57. The number of rotatable bonds is 33. The zero-order chi connectivity index (χ0) is 41.7. The van der Waals surface area contributed by atoms with Crippen molar-refractivity contribution in [2.24, 2.45) is 5.41 Å². The molecule has 2 aromatic carbocycles. The lowest BCUT2D eigenvalue weighted by Gasteiger charge is -2.21. The first-order valence-electron chi connectivity index (χ1n) is 20.3. The summed E-state index contributed by atoms with van der Waals surface area (Å²) in [6, 6.07) is 17.4. The first-order valence-corrected chi connectivity index (χ1v) is 20.3. The van der Waals surface area contributed by atoms with E-state index in [-0.39, 0.29) is 58.3 Å². The van der Waals surface area contributed by atoms with E-state index in [0.717, 1.165) is 31.2 Å². The van der Waals surface area contributed by atoms with Crippen LogP contribution in [0.2, 0.25) is 0 Å². The molecule has 0 unspecified atom stereocenters. The van der Waals surface area contributed by atoms with Crippen LogP contribution >= 0.6 is 0 Å². The quantitative estimate of drug-likeness (QED) is 0.0776. The van der Waals surface area contributed by atoms with Crippen molar-refractivity contribution in [2.45, 2.75) is 70.3 Å². The Balaban J connectivity index is 1.40. The molecule has 15 nitrogen and oxygen atoms in total. The van der Waals surface area contributed by atoms with E-state index >= 15 is 0 Å². The van der Waals surface area contributed by atoms with Crippen molar-refractivity contribution in [1.29, 1.82) is 0 Å². The minimum absolute atomic E-state index is 0.0269. The van der Waals surface area contributed by atoms with E-state index in [1.54, 1.807) is 14.2 Å². The molecular weight excluding hydrogens is 748 g/mol. The molecule has 3 rings (SSSR count). The summed E-state index contributed by atoms with van der Waals surface area (Å²) in [5.74, 6) is -2.03. The Morgan fingerprint density at radius 1 is 0.603 bits per heavy atom. The fraction of sp³-hybridized carbons (Fsp3) is 0.605. The van der Waals surface area contributed by atoms with Crippen LogP contribution in [0.25, 0.3) is 0 Å². The number of imide groups is 1. The van der Waals surface area contributed by atoms with Crippen LogP contribution in [0.3, 0.4) is 0 Å². The van der Waals surface area contributed by atoms with Gasteiger partial charge in [0.25, 0.3) is 0 Å². The number of aryl methyl sites for hydroxylation is 2. The first kappa shape index (κ1) is 48.1. The average molecular weight is 813 g/mol. The number of nitrogens with one attached hydrogen (secondary N) is 4. The highest BCUT2D eigenvalue weighted by atomic mass is 16.5. The standard InChI is InChI=1S/C43H64N4O11/c1-53-22-24-55-26-28-57-31-39(49)44-21-9-8-14-37(46-40(50)32-58-29-27-56-25-23-54-2)41(51)45-33-43(19-20-43)42(52)47-38(48)30-36-17-15-35(16-18-36)13-7-6-12-34-10-4-3-5-11-34/h3-5,10-11,15-18,37H,6-9,12-14,19-33H2,1-2H3,(H,44,49)(H,45,51)(H,46,50)(H,47,48,52)/t37-/m0/s1. The predicted octanol–water partition coefficient (Wildman–Crippen LogP) is 2.46. The van der Waals surface area contributed by atoms with Gasteiger partial charge in [0.05, 0.1) is 64.7 Å². The minimum atomic E-state index is -0.904. The van der Waals surface area contributed by atoms with Gasteiger partial charge in [0, 0.05) is 27.3 Å². The second-order valence-electron chi connectivity index (χ2n) is 14.3. The van der Waals surface area contributed by atoms with Gasteiger partial charge in [-0.25, -0.2) is 0 Å². The Hall–Kier alpha value is -4.25. The SMILES string of the molecule is COCCOCCOCC(=O)NCCCC[C@H](NC(=O)COCCOCCOC)C(=O)NCC1(C(=O)NC(=O)Cc2ccc(CCCCc3ccccc3)cc2)CC1. The molecule has 1 saturated carbocycles. The Morgan fingerprint density at radius 2 is 1.16 bits per heavy atom. The fourth-order valence-corrected chi connectivity index (χ4v) is 5.94. The van der Waals surface area contributed by atoms with E-state index in [4.69, 9.17) is 28.4 Å². The van der Waals surface area contributed by atoms with E-state index in [1.165, 1.54) is 11.1 Å². The summed E-state index contributed by atoms with van der Waals surface area (Å²) in [5, 5.41) is 10.9. The van der Waals surface area contributed by atoms with Crippen molar-refractivity contribution in [3.8, 4) is 0 Å². The van der Waals surface area contributed by atoms with E-state index in [1.807, 2.05) is 30.3 Å². The Morgan fingerprint density at radius 3 is 1.76 bits per heavy atom. The largest absolute Gasteiger partial charge is 0.382 e. The van der Waals surface area contributed by atoms with Crippen LogP contribution in [0.5, 0.6) is 0 Å². The smallest absolute Gasteiger partial charge is 0.246 e. The molecule has 5 amide bonds. The van der Waals surface area contributed by atoms with Gasteiger partial charge in [-0.05, 0) is 74.5 Å². The van der Waals surface area contributed by atoms with Crippen LogP contribution in [0.1, 0.15) is 61.6 Å². The van der Waals surface area contributed by atoms with Crippen LogP contribution in [0.4, 0.5) is 0 Å². The van der Waals surface area contributed by atoms with E-state index in [0.29, 0.717) is 65.3 Å². The highest BCUT2D eigenvalue weighted by Gasteiger charge is 2.50. The average Bonchev–Trinajstić information content (AvgIpc) is 4.02. The summed E-state index contributed by atoms with van der Waals surface area (Å²) in [6.45, 7) is 2.92. The summed E-state index contributed by atoms with van der Waals surface area (Å²) < 4.78 is 31.2. The number of carbonyl (C=O) groups excluding carboxylic acids is 5. The van der Waals surface area contributed by atoms with Crippen LogP contribution in [-0.2, 0) is 71.7 Å². The molecule has 0 aromatic heterocycles. The molecular formula is C43H64N4O11. The Labute approximate surface area is 342 Å². The highest BCUT2D eigenvalue weighted by Crippen LogP contribution is 2.45. The predicted molar refractivity (Wildman–Crippen MR) is 217 cm³/mol. The zero-order valence-electron chi connectivity index (χ0n) is 34.3. The van der Waals surface area contributed by atoms with Gasteiger partial charge in [-0.3, -0.25) is 29.3 Å². The number of benzene rings is 2. The molecule has 1 atom stereocenters. The molecule has 0 radical (unpaired) electrons. The molecule has 2 aromatic rings. The van der Waals surface area contributed by atoms with Gasteiger partial charge in [0.2, 0.25) is 29.5 Å². The number of ether oxygens (including phenoxy) is 6. The third kappa shape index (κ3) is 21.0. The van der Waals surface area contributed by atoms with Crippen molar-refractivity contribution in [2.75, 3.05) is 93.4 Å². The molecule has 0 aliphatic heterocycles. The zero-order valence-corrected chi connectivity index (χ0v) is 34.3. The fourth-order valence-electron chi connectivity index (χ4n) is 5.94. The molecule has 322 valence electrons. The molecule has 1 aliphatic rings. The van der Waals surface area contributed by atoms with Gasteiger partial charge >= 0.3 is 0 Å². The molecule has 1 aliphatic carbocycles. The highest BCUT2D eigenvalue weighted by molar-refractivity contribution is 6.00. The maximum Gasteiger partial charge on any atom is 0.246 e. The Bertz CT molecular complexity index is 1490. The van der Waals surface area contributed by atoms with Crippen LogP contribution in [0.15, 0.2) is 54.6 Å². The second kappa shape index (κ2) is 29.0. The lowest BCUT2D eigenvalue weighted by molar-refractivity contribution is -0.134. The van der Waals surface area contributed by atoms with Gasteiger partial charge in [0.1, 0.15) is 19.3 Å². The van der Waals surface area contributed by atoms with Gasteiger partial charge in [-0.1, -0.05) is 54.6 Å². The van der Waals surface area contributed by atoms with Gasteiger partial charge in [-0.15, -0.1) is 0 Å². The van der Waals surface area contributed by atoms with E-state index in [2.05, 4.69) is 45.5 Å². The summed E-state index contributed by atoms with van der Waals surface area (Å²) in [4.78, 5) is 64.3. The normalized spacial score (nSPS) is 13.3. The first-order chi connectivity index (χ1) is 28.2. The van der Waals surface area contributed by atoms with Gasteiger partial charge < -0.3 is 44.4 Å². The van der Waals surface area contributed by atoms with E-state index in [9.17, 15) is 24.0 Å². The van der Waals surface area contributed by atoms with Crippen molar-refractivity contribution >= 4 is 29.5 Å². The molecule has 15 heteroatoms. The van der Waals surface area contributed by atoms with Crippen LogP contribution in [-0.4, -0.2) is 129 Å². The van der Waals surface area contributed by atoms with Crippen molar-refractivity contribution in [1.82, 2.24) is 21.3 Å². The number of hydrogen-bond acceptors (Lipinski definition) is 11. The summed E-state index contributed by atoms with van der Waals surface area (Å²) in [6.07, 6.45) is 6.62. The topological polar surface area (TPSA) is 189 Å². The summed E-state index contributed by atoms with van der Waals surface area (Å²) in [5.41, 5.74) is 2.46. The molecule has 0 heterocycles. The molecule has 4 N–H and O–H groups in total. The maximum absolute atomic E-state index is 13.4. The van der Waals surface area contributed by atoms with Crippen molar-refractivity contribution < 1.29 is 52.4 Å². The number of hydrogen-bond donors (Lipinski definition) is 4. The maximum atomic E-state index is 13.4. The lowest BCUT2D eigenvalue weighted by Crippen LogP contribution is -2.50. The number of unbranched alkanes of at least 4 members (excludes halogenated alkanes) is 2. The third-order valence-corrected chi connectivity index (χ3v) is 9.57. The number of amides is 5. The number of carbonyl (C=O) groups is 5. The molecule has 1 fully saturated rings. The molecule has 0 spiro atoms. The van der Waals surface area contributed by atoms with Gasteiger partial charge in [-0.2, -0.15) is 0 Å². The molecule has 58 heavy (non-hydrogen) atoms. The summed E-state index contributed by atoms with van der Waals surface area (Å²) >= 11 is 0. The Kier molecular flexibility index (Phi) is 24.1. The monoisotopic (exact) mass is 812 g/mol. The van der Waals surface area contributed by atoms with Crippen molar-refractivity contribution in [3.05, 3.63) is 71.3 Å². The molecule has 0 bridgehead atoms. The van der Waals surface area contributed by atoms with E-state index < -0.39 is 35.1 Å². The van der Waals surface area contributed by atoms with Crippen molar-refractivity contribution in [3.63, 3.8) is 0 Å². The molecule has 0 saturated heterocycles. The number of methoxy groups -OCH3 is 2. The second-order valence-corrected chi connectivity index (χ2v) is 14.3. The van der Waals surface area contributed by atoms with Crippen LogP contribution < -0.4 is 21.3 Å². The lowest BCUT2D eigenvalue weighted by atomic mass is 10.0. The minimum Gasteiger partial charge on any atom is -0.382 e. The van der Waals surface area contributed by atoms with Gasteiger partial charge in [0.15, 0.2) is 0 Å². The van der Waals surface area contributed by atoms with Crippen LogP contribution in [0, 0.1) is 5.41 Å². The summed E-state index contributed by atoms with van der Waals surface area (Å²) in [7, 11) is 3.16.